The molecule has 1 N–H and O–H groups in total. The van der Waals surface area contributed by atoms with Gasteiger partial charge in [0.1, 0.15) is 0 Å². The van der Waals surface area contributed by atoms with Crippen LogP contribution in [0.25, 0.3) is 0 Å². The molecule has 1 aliphatic rings. The van der Waals surface area contributed by atoms with Crippen LogP contribution >= 0.6 is 11.6 Å². The molecule has 2 rings (SSSR count). The first kappa shape index (κ1) is 12.4. The molecule has 0 aromatic heterocycles. The van der Waals surface area contributed by atoms with Gasteiger partial charge in [-0.25, -0.2) is 0 Å². The average Bonchev–Trinajstić information content (AvgIpc) is 2.48. The Morgan fingerprint density at radius 3 is 2.59 bits per heavy atom. The van der Waals surface area contributed by atoms with E-state index >= 15 is 0 Å². The first-order valence-electron chi connectivity index (χ1n) is 5.98. The van der Waals surface area contributed by atoms with Crippen LogP contribution in [0.4, 0.5) is 0 Å². The molecule has 1 aromatic rings. The van der Waals surface area contributed by atoms with E-state index in [0.717, 1.165) is 17.0 Å². The summed E-state index contributed by atoms with van der Waals surface area (Å²) in [6, 6.07) is 7.87. The van der Waals surface area contributed by atoms with Gasteiger partial charge in [-0.05, 0) is 38.0 Å². The zero-order valence-corrected chi connectivity index (χ0v) is 11.3. The van der Waals surface area contributed by atoms with Crippen molar-refractivity contribution >= 4 is 17.5 Å². The van der Waals surface area contributed by atoms with Crippen LogP contribution in [0.1, 0.15) is 39.2 Å². The molecule has 0 radical (unpaired) electrons. The molecule has 1 fully saturated rings. The van der Waals surface area contributed by atoms with Crippen molar-refractivity contribution in [1.82, 2.24) is 5.32 Å². The van der Waals surface area contributed by atoms with Gasteiger partial charge in [0.2, 0.25) is 5.91 Å². The zero-order chi connectivity index (χ0) is 12.7. The van der Waals surface area contributed by atoms with Gasteiger partial charge in [-0.2, -0.15) is 0 Å². The Morgan fingerprint density at radius 1 is 1.41 bits per heavy atom. The van der Waals surface area contributed by atoms with Crippen LogP contribution in [0.3, 0.4) is 0 Å². The fourth-order valence-electron chi connectivity index (χ4n) is 3.03. The second kappa shape index (κ2) is 4.02. The molecule has 1 saturated heterocycles. The van der Waals surface area contributed by atoms with Crippen LogP contribution in [0, 0.1) is 0 Å². The lowest BCUT2D eigenvalue weighted by Gasteiger charge is -2.40. The number of benzene rings is 1. The van der Waals surface area contributed by atoms with Crippen molar-refractivity contribution in [2.45, 2.75) is 44.6 Å². The van der Waals surface area contributed by atoms with E-state index in [-0.39, 0.29) is 16.9 Å². The van der Waals surface area contributed by atoms with Crippen molar-refractivity contribution in [2.24, 2.45) is 0 Å². The molecule has 1 heterocycles. The monoisotopic (exact) mass is 251 g/mol. The fraction of sp³-hybridized carbons (Fsp3) is 0.500. The first-order valence-corrected chi connectivity index (χ1v) is 6.36. The van der Waals surface area contributed by atoms with Crippen molar-refractivity contribution in [3.63, 3.8) is 0 Å². The normalized spacial score (nSPS) is 26.9. The number of carbonyl (C=O) groups is 1. The lowest BCUT2D eigenvalue weighted by atomic mass is 9.66. The van der Waals surface area contributed by atoms with E-state index < -0.39 is 0 Å². The van der Waals surface area contributed by atoms with E-state index in [9.17, 15) is 4.79 Å². The number of nitrogens with one attached hydrogen (secondary N) is 1. The highest BCUT2D eigenvalue weighted by Crippen LogP contribution is 2.45. The zero-order valence-electron chi connectivity index (χ0n) is 10.5. The SMILES string of the molecule is CCC1(c2cccc(Cl)c2)CC(=O)NC1(C)C. The van der Waals surface area contributed by atoms with Gasteiger partial charge >= 0.3 is 0 Å². The number of rotatable bonds is 2. The molecule has 3 heteroatoms. The number of hydrogen-bond acceptors (Lipinski definition) is 1. The third kappa shape index (κ3) is 1.85. The minimum atomic E-state index is -0.233. The summed E-state index contributed by atoms with van der Waals surface area (Å²) in [5, 5.41) is 3.80. The van der Waals surface area contributed by atoms with E-state index in [1.54, 1.807) is 0 Å². The molecule has 2 nitrogen and oxygen atoms in total. The molecular weight excluding hydrogens is 234 g/mol. The molecule has 0 spiro atoms. The van der Waals surface area contributed by atoms with Crippen molar-refractivity contribution in [1.29, 1.82) is 0 Å². The highest BCUT2D eigenvalue weighted by molar-refractivity contribution is 6.30. The van der Waals surface area contributed by atoms with Gasteiger partial charge in [-0.3, -0.25) is 4.79 Å². The van der Waals surface area contributed by atoms with Crippen molar-refractivity contribution in [3.05, 3.63) is 34.9 Å². The maximum absolute atomic E-state index is 11.7. The topological polar surface area (TPSA) is 29.1 Å². The smallest absolute Gasteiger partial charge is 0.221 e. The Labute approximate surface area is 107 Å². The van der Waals surface area contributed by atoms with E-state index in [2.05, 4.69) is 32.2 Å². The van der Waals surface area contributed by atoms with Crippen LogP contribution < -0.4 is 5.32 Å². The number of carbonyl (C=O) groups excluding carboxylic acids is 1. The summed E-state index contributed by atoms with van der Waals surface area (Å²) in [5.74, 6) is 0.122. The molecule has 1 amide bonds. The Morgan fingerprint density at radius 2 is 2.12 bits per heavy atom. The molecule has 0 saturated carbocycles. The molecule has 92 valence electrons. The quantitative estimate of drug-likeness (QED) is 0.859. The largest absolute Gasteiger partial charge is 0.350 e. The summed E-state index contributed by atoms with van der Waals surface area (Å²) >= 11 is 6.07. The number of hydrogen-bond donors (Lipinski definition) is 1. The van der Waals surface area contributed by atoms with E-state index in [4.69, 9.17) is 11.6 Å². The summed E-state index contributed by atoms with van der Waals surface area (Å²) in [4.78, 5) is 11.7. The number of amides is 1. The van der Waals surface area contributed by atoms with Crippen molar-refractivity contribution < 1.29 is 4.79 Å². The van der Waals surface area contributed by atoms with Gasteiger partial charge in [-0.15, -0.1) is 0 Å². The molecule has 0 bridgehead atoms. The Kier molecular flexibility index (Phi) is 2.94. The van der Waals surface area contributed by atoms with Crippen LogP contribution in [0.2, 0.25) is 5.02 Å². The summed E-state index contributed by atoms with van der Waals surface area (Å²) in [7, 11) is 0. The van der Waals surface area contributed by atoms with E-state index in [0.29, 0.717) is 6.42 Å². The van der Waals surface area contributed by atoms with Gasteiger partial charge in [0.15, 0.2) is 0 Å². The fourth-order valence-corrected chi connectivity index (χ4v) is 3.22. The van der Waals surface area contributed by atoms with Gasteiger partial charge in [0.05, 0.1) is 0 Å². The highest BCUT2D eigenvalue weighted by atomic mass is 35.5. The van der Waals surface area contributed by atoms with Crippen molar-refractivity contribution in [2.75, 3.05) is 0 Å². The first-order chi connectivity index (χ1) is 7.91. The van der Waals surface area contributed by atoms with Crippen LogP contribution in [-0.2, 0) is 10.2 Å². The maximum atomic E-state index is 11.7. The van der Waals surface area contributed by atoms with E-state index in [1.165, 1.54) is 0 Å². The average molecular weight is 252 g/mol. The lowest BCUT2D eigenvalue weighted by molar-refractivity contribution is -0.119. The summed E-state index contributed by atoms with van der Waals surface area (Å²) < 4.78 is 0. The van der Waals surface area contributed by atoms with Crippen LogP contribution in [0.5, 0.6) is 0 Å². The van der Waals surface area contributed by atoms with Gasteiger partial charge in [0.25, 0.3) is 0 Å². The molecule has 1 atom stereocenters. The van der Waals surface area contributed by atoms with Gasteiger partial charge in [0, 0.05) is 22.4 Å². The Bertz CT molecular complexity index is 455. The third-order valence-corrected chi connectivity index (χ3v) is 4.33. The number of halogens is 1. The van der Waals surface area contributed by atoms with Crippen LogP contribution in [-0.4, -0.2) is 11.4 Å². The molecule has 1 unspecified atom stereocenters. The maximum Gasteiger partial charge on any atom is 0.221 e. The lowest BCUT2D eigenvalue weighted by Crippen LogP contribution is -2.49. The third-order valence-electron chi connectivity index (χ3n) is 4.09. The molecule has 17 heavy (non-hydrogen) atoms. The van der Waals surface area contributed by atoms with Crippen molar-refractivity contribution in [3.8, 4) is 0 Å². The predicted molar refractivity (Wildman–Crippen MR) is 70.3 cm³/mol. The van der Waals surface area contributed by atoms with Gasteiger partial charge < -0.3 is 5.32 Å². The minimum Gasteiger partial charge on any atom is -0.350 e. The molecule has 0 aliphatic carbocycles. The Balaban J connectivity index is 2.55. The molecule has 1 aromatic carbocycles. The van der Waals surface area contributed by atoms with Crippen LogP contribution in [0.15, 0.2) is 24.3 Å². The standard InChI is InChI=1S/C14H18ClNO/c1-4-14(9-12(17)16-13(14,2)3)10-6-5-7-11(15)8-10/h5-8H,4,9H2,1-3H3,(H,16,17). The predicted octanol–water partition coefficient (Wildman–Crippen LogP) is 3.29. The summed E-state index contributed by atoms with van der Waals surface area (Å²) in [5.41, 5.74) is 0.759. The summed E-state index contributed by atoms with van der Waals surface area (Å²) in [6.07, 6.45) is 1.45. The van der Waals surface area contributed by atoms with E-state index in [1.807, 2.05) is 18.2 Å². The second-order valence-corrected chi connectivity index (χ2v) is 5.73. The summed E-state index contributed by atoms with van der Waals surface area (Å²) in [6.45, 7) is 6.30. The highest BCUT2D eigenvalue weighted by Gasteiger charge is 2.52. The second-order valence-electron chi connectivity index (χ2n) is 5.30. The van der Waals surface area contributed by atoms with Gasteiger partial charge in [-0.1, -0.05) is 30.7 Å². The molecule has 1 aliphatic heterocycles. The Hall–Kier alpha value is -1.02. The minimum absolute atomic E-state index is 0.122. The molecular formula is C14H18ClNO.